The van der Waals surface area contributed by atoms with Gasteiger partial charge in [0.15, 0.2) is 5.82 Å². The van der Waals surface area contributed by atoms with Crippen molar-refractivity contribution in [3.05, 3.63) is 59.1 Å². The van der Waals surface area contributed by atoms with Gasteiger partial charge in [0.2, 0.25) is 0 Å². The summed E-state index contributed by atoms with van der Waals surface area (Å²) in [6.07, 6.45) is 0. The first-order valence-electron chi connectivity index (χ1n) is 9.05. The minimum atomic E-state index is -0.0575. The van der Waals surface area contributed by atoms with E-state index in [1.165, 1.54) is 0 Å². The van der Waals surface area contributed by atoms with E-state index in [1.807, 2.05) is 61.7 Å². The average Bonchev–Trinajstić information content (AvgIpc) is 3.23. The number of carbonyl (C=O) groups excluding carboxylic acids is 1. The molecule has 0 unspecified atom stereocenters. The second-order valence-electron chi connectivity index (χ2n) is 6.67. The molecule has 7 heteroatoms. The van der Waals surface area contributed by atoms with Crippen LogP contribution in [0.15, 0.2) is 40.9 Å². The normalized spacial score (nSPS) is 10.8. The SMILES string of the molecule is COc1ccc(OCCN(C)C(=O)c2cc(C)n(-c3cc(C)on3)c2C)cc1. The second-order valence-corrected chi connectivity index (χ2v) is 6.67. The number of hydrogen-bond donors (Lipinski definition) is 0. The summed E-state index contributed by atoms with van der Waals surface area (Å²) in [4.78, 5) is 14.5. The molecule has 0 atom stereocenters. The number of hydrogen-bond acceptors (Lipinski definition) is 5. The van der Waals surface area contributed by atoms with Crippen LogP contribution in [0.25, 0.3) is 5.82 Å². The molecule has 3 aromatic rings. The molecule has 0 aliphatic carbocycles. The van der Waals surface area contributed by atoms with Gasteiger partial charge < -0.3 is 18.9 Å². The summed E-state index contributed by atoms with van der Waals surface area (Å²) in [6.45, 7) is 6.56. The summed E-state index contributed by atoms with van der Waals surface area (Å²) in [5.41, 5.74) is 2.40. The lowest BCUT2D eigenvalue weighted by molar-refractivity contribution is 0.0773. The summed E-state index contributed by atoms with van der Waals surface area (Å²) < 4.78 is 17.9. The molecule has 2 heterocycles. The van der Waals surface area contributed by atoms with Gasteiger partial charge >= 0.3 is 0 Å². The smallest absolute Gasteiger partial charge is 0.255 e. The lowest BCUT2D eigenvalue weighted by atomic mass is 10.2. The fourth-order valence-corrected chi connectivity index (χ4v) is 3.07. The van der Waals surface area contributed by atoms with Crippen molar-refractivity contribution in [1.29, 1.82) is 0 Å². The zero-order valence-corrected chi connectivity index (χ0v) is 16.9. The Bertz CT molecular complexity index is 957. The van der Waals surface area contributed by atoms with Crippen molar-refractivity contribution in [2.24, 2.45) is 0 Å². The maximum Gasteiger partial charge on any atom is 0.255 e. The van der Waals surface area contributed by atoms with E-state index in [0.717, 1.165) is 28.6 Å². The number of methoxy groups -OCH3 is 1. The molecule has 0 radical (unpaired) electrons. The highest BCUT2D eigenvalue weighted by Gasteiger charge is 2.21. The van der Waals surface area contributed by atoms with Gasteiger partial charge in [0.05, 0.1) is 19.2 Å². The predicted molar refractivity (Wildman–Crippen MR) is 105 cm³/mol. The maximum atomic E-state index is 12.9. The van der Waals surface area contributed by atoms with Crippen LogP contribution in [0.3, 0.4) is 0 Å². The van der Waals surface area contributed by atoms with Crippen molar-refractivity contribution >= 4 is 5.91 Å². The summed E-state index contributed by atoms with van der Waals surface area (Å²) >= 11 is 0. The molecule has 0 aliphatic rings. The van der Waals surface area contributed by atoms with Gasteiger partial charge in [-0.1, -0.05) is 5.16 Å². The molecule has 0 spiro atoms. The fourth-order valence-electron chi connectivity index (χ4n) is 3.07. The molecule has 1 amide bonds. The summed E-state index contributed by atoms with van der Waals surface area (Å²) in [7, 11) is 3.39. The average molecular weight is 383 g/mol. The van der Waals surface area contributed by atoms with Crippen LogP contribution in [-0.4, -0.2) is 47.8 Å². The minimum Gasteiger partial charge on any atom is -0.497 e. The first-order valence-corrected chi connectivity index (χ1v) is 9.05. The molecule has 2 aromatic heterocycles. The van der Waals surface area contributed by atoms with Crippen LogP contribution in [0.4, 0.5) is 0 Å². The van der Waals surface area contributed by atoms with Gasteiger partial charge in [-0.25, -0.2) is 0 Å². The zero-order valence-electron chi connectivity index (χ0n) is 16.9. The van der Waals surface area contributed by atoms with Gasteiger partial charge in [0, 0.05) is 24.5 Å². The Morgan fingerprint density at radius 3 is 2.43 bits per heavy atom. The van der Waals surface area contributed by atoms with E-state index in [4.69, 9.17) is 14.0 Å². The highest BCUT2D eigenvalue weighted by Crippen LogP contribution is 2.22. The van der Waals surface area contributed by atoms with Crippen LogP contribution in [0.2, 0.25) is 0 Å². The first kappa shape index (κ1) is 19.5. The first-order chi connectivity index (χ1) is 13.4. The molecule has 0 saturated carbocycles. The number of rotatable bonds is 7. The number of ether oxygens (including phenoxy) is 2. The van der Waals surface area contributed by atoms with E-state index >= 15 is 0 Å². The van der Waals surface area contributed by atoms with Crippen molar-refractivity contribution in [2.45, 2.75) is 20.8 Å². The molecule has 28 heavy (non-hydrogen) atoms. The van der Waals surface area contributed by atoms with Crippen molar-refractivity contribution < 1.29 is 18.8 Å². The van der Waals surface area contributed by atoms with Gasteiger partial charge in [-0.2, -0.15) is 0 Å². The van der Waals surface area contributed by atoms with E-state index in [1.54, 1.807) is 19.1 Å². The number of likely N-dealkylation sites (N-methyl/N-ethyl adjacent to an activating group) is 1. The molecule has 7 nitrogen and oxygen atoms in total. The Hall–Kier alpha value is -3.22. The van der Waals surface area contributed by atoms with Gasteiger partial charge in [-0.3, -0.25) is 9.36 Å². The van der Waals surface area contributed by atoms with Crippen LogP contribution in [0, 0.1) is 20.8 Å². The van der Waals surface area contributed by atoms with E-state index in [-0.39, 0.29) is 5.91 Å². The second kappa shape index (κ2) is 8.21. The number of carbonyl (C=O) groups is 1. The van der Waals surface area contributed by atoms with Crippen molar-refractivity contribution in [3.63, 3.8) is 0 Å². The van der Waals surface area contributed by atoms with Gasteiger partial charge in [0.1, 0.15) is 23.9 Å². The van der Waals surface area contributed by atoms with Crippen LogP contribution in [-0.2, 0) is 0 Å². The number of amides is 1. The number of benzene rings is 1. The van der Waals surface area contributed by atoms with E-state index in [9.17, 15) is 4.79 Å². The molecule has 0 saturated heterocycles. The number of aromatic nitrogens is 2. The Labute approximate surface area is 164 Å². The maximum absolute atomic E-state index is 12.9. The standard InChI is InChI=1S/C21H25N3O4/c1-14-12-19(16(3)24(14)20-13-15(2)28-22-20)21(25)23(4)10-11-27-18-8-6-17(26-5)7-9-18/h6-9,12-13H,10-11H2,1-5H3. The van der Waals surface area contributed by atoms with Crippen LogP contribution < -0.4 is 9.47 Å². The molecule has 1 aromatic carbocycles. The Kier molecular flexibility index (Phi) is 5.73. The van der Waals surface area contributed by atoms with Crippen molar-refractivity contribution in [1.82, 2.24) is 14.6 Å². The van der Waals surface area contributed by atoms with Gasteiger partial charge in [-0.15, -0.1) is 0 Å². The largest absolute Gasteiger partial charge is 0.497 e. The quantitative estimate of drug-likeness (QED) is 0.624. The van der Waals surface area contributed by atoms with Gasteiger partial charge in [0.25, 0.3) is 5.91 Å². The van der Waals surface area contributed by atoms with E-state index in [2.05, 4.69) is 5.16 Å². The van der Waals surface area contributed by atoms with Crippen LogP contribution in [0.5, 0.6) is 11.5 Å². The zero-order chi connectivity index (χ0) is 20.3. The highest BCUT2D eigenvalue weighted by atomic mass is 16.5. The molecule has 0 fully saturated rings. The Morgan fingerprint density at radius 2 is 1.82 bits per heavy atom. The Morgan fingerprint density at radius 1 is 1.14 bits per heavy atom. The number of nitrogens with zero attached hydrogens (tertiary/aromatic N) is 3. The topological polar surface area (TPSA) is 69.7 Å². The monoisotopic (exact) mass is 383 g/mol. The molecular formula is C21H25N3O4. The molecule has 0 bridgehead atoms. The molecule has 0 aliphatic heterocycles. The highest BCUT2D eigenvalue weighted by molar-refractivity contribution is 5.95. The van der Waals surface area contributed by atoms with E-state index in [0.29, 0.717) is 24.5 Å². The predicted octanol–water partition coefficient (Wildman–Crippen LogP) is 3.55. The lowest BCUT2D eigenvalue weighted by Crippen LogP contribution is -2.31. The Balaban J connectivity index is 1.64. The van der Waals surface area contributed by atoms with Crippen molar-refractivity contribution in [2.75, 3.05) is 27.3 Å². The summed E-state index contributed by atoms with van der Waals surface area (Å²) in [5, 5.41) is 4.05. The third-order valence-corrected chi connectivity index (χ3v) is 4.61. The lowest BCUT2D eigenvalue weighted by Gasteiger charge is -2.17. The fraction of sp³-hybridized carbons (Fsp3) is 0.333. The van der Waals surface area contributed by atoms with E-state index < -0.39 is 0 Å². The third kappa shape index (κ3) is 4.03. The molecule has 148 valence electrons. The minimum absolute atomic E-state index is 0.0575. The van der Waals surface area contributed by atoms with Crippen LogP contribution >= 0.6 is 0 Å². The summed E-state index contributed by atoms with van der Waals surface area (Å²) in [5.74, 6) is 2.86. The molecular weight excluding hydrogens is 358 g/mol. The summed E-state index contributed by atoms with van der Waals surface area (Å²) in [6, 6.07) is 11.1. The van der Waals surface area contributed by atoms with Crippen molar-refractivity contribution in [3.8, 4) is 17.3 Å². The third-order valence-electron chi connectivity index (χ3n) is 4.61. The van der Waals surface area contributed by atoms with Crippen LogP contribution in [0.1, 0.15) is 27.5 Å². The molecule has 0 N–H and O–H groups in total. The molecule has 3 rings (SSSR count). The van der Waals surface area contributed by atoms with Gasteiger partial charge in [-0.05, 0) is 51.1 Å². The number of aryl methyl sites for hydroxylation is 2.